The fourth-order valence-corrected chi connectivity index (χ4v) is 6.36. The lowest BCUT2D eigenvalue weighted by molar-refractivity contribution is -0.122. The van der Waals surface area contributed by atoms with Gasteiger partial charge in [0.05, 0.1) is 23.0 Å². The van der Waals surface area contributed by atoms with Gasteiger partial charge in [0.1, 0.15) is 11.4 Å². The fourth-order valence-electron chi connectivity index (χ4n) is 6.36. The van der Waals surface area contributed by atoms with Crippen LogP contribution in [-0.4, -0.2) is 27.5 Å². The lowest BCUT2D eigenvalue weighted by Crippen LogP contribution is -2.57. The maximum atomic E-state index is 15.2. The Hall–Kier alpha value is -3.71. The number of imide groups is 1. The van der Waals surface area contributed by atoms with Gasteiger partial charge in [0.2, 0.25) is 0 Å². The zero-order chi connectivity index (χ0) is 25.4. The van der Waals surface area contributed by atoms with E-state index >= 15 is 4.39 Å². The van der Waals surface area contributed by atoms with Crippen molar-refractivity contribution in [3.63, 3.8) is 0 Å². The second kappa shape index (κ2) is 7.64. The van der Waals surface area contributed by atoms with Crippen LogP contribution >= 0.6 is 0 Å². The smallest absolute Gasteiger partial charge is 0.259 e. The molecule has 0 radical (unpaired) electrons. The van der Waals surface area contributed by atoms with Crippen molar-refractivity contribution in [1.29, 1.82) is 0 Å². The number of hydrogen-bond donors (Lipinski definition) is 2. The second-order valence-electron chi connectivity index (χ2n) is 11.2. The Morgan fingerprint density at radius 3 is 2.39 bits per heavy atom. The predicted octanol–water partition coefficient (Wildman–Crippen LogP) is 5.58. The molecular weight excluding hydrogens is 457 g/mol. The molecule has 184 valence electrons. The third-order valence-electron chi connectivity index (χ3n) is 7.32. The minimum atomic E-state index is -0.626. The van der Waals surface area contributed by atoms with Gasteiger partial charge in [0, 0.05) is 45.2 Å². The van der Waals surface area contributed by atoms with Gasteiger partial charge in [0.25, 0.3) is 11.8 Å². The summed E-state index contributed by atoms with van der Waals surface area (Å²) >= 11 is 0. The van der Waals surface area contributed by atoms with Crippen molar-refractivity contribution < 1.29 is 18.4 Å². The number of carbonyl (C=O) groups excluding carboxylic acids is 2. The third kappa shape index (κ3) is 3.49. The Labute approximate surface area is 208 Å². The summed E-state index contributed by atoms with van der Waals surface area (Å²) in [6, 6.07) is 12.6. The molecule has 0 unspecified atom stereocenters. The fraction of sp³-hybridized carbons (Fsp3) is 0.310. The van der Waals surface area contributed by atoms with E-state index in [-0.39, 0.29) is 39.4 Å². The standard InChI is InChI=1S/C29H28FN3O3/c1-28(2)13-17(14-29(3,4)32-28)33-15-19(18-7-5-6-8-21(18)33)22-24(27(35)31-26(22)34)23-20(30)10-9-16-11-12-36-25(16)23/h5-12,15,17,32H,13-14H2,1-4H3,(H,31,34,35). The van der Waals surface area contributed by atoms with Gasteiger partial charge in [-0.3, -0.25) is 14.9 Å². The van der Waals surface area contributed by atoms with Gasteiger partial charge < -0.3 is 14.3 Å². The van der Waals surface area contributed by atoms with E-state index in [4.69, 9.17) is 4.42 Å². The van der Waals surface area contributed by atoms with Crippen molar-refractivity contribution in [2.75, 3.05) is 0 Å². The largest absolute Gasteiger partial charge is 0.464 e. The number of halogens is 1. The maximum Gasteiger partial charge on any atom is 0.259 e. The van der Waals surface area contributed by atoms with Crippen LogP contribution in [0.5, 0.6) is 0 Å². The van der Waals surface area contributed by atoms with Gasteiger partial charge in [-0.1, -0.05) is 18.2 Å². The van der Waals surface area contributed by atoms with Gasteiger partial charge in [-0.05, 0) is 64.8 Å². The maximum absolute atomic E-state index is 15.2. The summed E-state index contributed by atoms with van der Waals surface area (Å²) < 4.78 is 23.0. The highest BCUT2D eigenvalue weighted by Gasteiger charge is 2.40. The Kier molecular flexibility index (Phi) is 4.83. The van der Waals surface area contributed by atoms with Gasteiger partial charge in [-0.25, -0.2) is 4.39 Å². The molecule has 2 aromatic carbocycles. The van der Waals surface area contributed by atoms with Gasteiger partial charge in [0.15, 0.2) is 0 Å². The first-order valence-electron chi connectivity index (χ1n) is 12.2. The molecule has 4 heterocycles. The molecule has 1 fully saturated rings. The molecule has 6 rings (SSSR count). The average molecular weight is 486 g/mol. The molecule has 4 aromatic rings. The molecule has 2 N–H and O–H groups in total. The zero-order valence-electron chi connectivity index (χ0n) is 20.7. The Balaban J connectivity index is 1.61. The highest BCUT2D eigenvalue weighted by molar-refractivity contribution is 6.50. The molecule has 1 saturated heterocycles. The van der Waals surface area contributed by atoms with E-state index < -0.39 is 17.6 Å². The van der Waals surface area contributed by atoms with E-state index in [9.17, 15) is 9.59 Å². The van der Waals surface area contributed by atoms with Gasteiger partial charge in [-0.15, -0.1) is 0 Å². The van der Waals surface area contributed by atoms with Crippen molar-refractivity contribution in [2.45, 2.75) is 57.7 Å². The van der Waals surface area contributed by atoms with Crippen LogP contribution in [0.3, 0.4) is 0 Å². The first kappa shape index (κ1) is 22.7. The van der Waals surface area contributed by atoms with E-state index in [1.165, 1.54) is 12.3 Å². The molecular formula is C29H28FN3O3. The van der Waals surface area contributed by atoms with Crippen LogP contribution in [0.15, 0.2) is 59.3 Å². The van der Waals surface area contributed by atoms with E-state index in [0.717, 1.165) is 23.7 Å². The average Bonchev–Trinajstić information content (AvgIpc) is 3.47. The Morgan fingerprint density at radius 2 is 1.64 bits per heavy atom. The number of aromatic nitrogens is 1. The molecule has 2 aliphatic rings. The van der Waals surface area contributed by atoms with Crippen LogP contribution < -0.4 is 10.6 Å². The number of benzene rings is 2. The molecule has 0 spiro atoms. The minimum absolute atomic E-state index is 0.00641. The first-order valence-corrected chi connectivity index (χ1v) is 12.2. The molecule has 0 atom stereocenters. The van der Waals surface area contributed by atoms with Crippen LogP contribution in [0.4, 0.5) is 4.39 Å². The molecule has 0 bridgehead atoms. The zero-order valence-corrected chi connectivity index (χ0v) is 20.7. The third-order valence-corrected chi connectivity index (χ3v) is 7.32. The number of piperidine rings is 1. The van der Waals surface area contributed by atoms with E-state index in [2.05, 4.69) is 42.9 Å². The van der Waals surface area contributed by atoms with E-state index in [1.807, 2.05) is 30.5 Å². The summed E-state index contributed by atoms with van der Waals surface area (Å²) in [5, 5.41) is 7.62. The monoisotopic (exact) mass is 485 g/mol. The molecule has 2 amide bonds. The number of rotatable bonds is 3. The second-order valence-corrected chi connectivity index (χ2v) is 11.2. The number of carbonyl (C=O) groups is 2. The van der Waals surface area contributed by atoms with Crippen LogP contribution in [0.1, 0.15) is 57.7 Å². The summed E-state index contributed by atoms with van der Waals surface area (Å²) in [5.41, 5.74) is 1.86. The highest BCUT2D eigenvalue weighted by atomic mass is 19.1. The summed E-state index contributed by atoms with van der Waals surface area (Å²) in [4.78, 5) is 26.3. The lowest BCUT2D eigenvalue weighted by Gasteiger charge is -2.47. The number of fused-ring (bicyclic) bond motifs is 2. The van der Waals surface area contributed by atoms with Crippen molar-refractivity contribution in [1.82, 2.24) is 15.2 Å². The molecule has 2 aromatic heterocycles. The summed E-state index contributed by atoms with van der Waals surface area (Å²) in [6.45, 7) is 8.79. The van der Waals surface area contributed by atoms with E-state index in [1.54, 1.807) is 12.1 Å². The van der Waals surface area contributed by atoms with Crippen LogP contribution in [0.2, 0.25) is 0 Å². The topological polar surface area (TPSA) is 76.3 Å². The number of furan rings is 1. The van der Waals surface area contributed by atoms with Crippen LogP contribution in [0, 0.1) is 5.82 Å². The van der Waals surface area contributed by atoms with Crippen molar-refractivity contribution in [3.05, 3.63) is 71.9 Å². The number of amides is 2. The van der Waals surface area contributed by atoms with Crippen LogP contribution in [-0.2, 0) is 9.59 Å². The summed E-state index contributed by atoms with van der Waals surface area (Å²) in [6.07, 6.45) is 5.20. The van der Waals surface area contributed by atoms with Crippen LogP contribution in [0.25, 0.3) is 33.0 Å². The summed E-state index contributed by atoms with van der Waals surface area (Å²) in [7, 11) is 0. The Bertz CT molecular complexity index is 1590. The summed E-state index contributed by atoms with van der Waals surface area (Å²) in [5.74, 6) is -1.77. The predicted molar refractivity (Wildman–Crippen MR) is 138 cm³/mol. The number of hydrogen-bond acceptors (Lipinski definition) is 4. The van der Waals surface area contributed by atoms with Crippen molar-refractivity contribution in [2.24, 2.45) is 0 Å². The lowest BCUT2D eigenvalue weighted by atomic mass is 9.79. The minimum Gasteiger partial charge on any atom is -0.464 e. The molecule has 36 heavy (non-hydrogen) atoms. The quantitative estimate of drug-likeness (QED) is 0.372. The van der Waals surface area contributed by atoms with Crippen molar-refractivity contribution >= 4 is 44.8 Å². The number of para-hydroxylation sites is 1. The SMILES string of the molecule is CC1(C)CC(n2cc(C3=C(c4c(F)ccc5ccoc45)C(=O)NC3=O)c3ccccc32)CC(C)(C)N1. The Morgan fingerprint density at radius 1 is 0.944 bits per heavy atom. The van der Waals surface area contributed by atoms with Crippen molar-refractivity contribution in [3.8, 4) is 0 Å². The van der Waals surface area contributed by atoms with Gasteiger partial charge >= 0.3 is 0 Å². The normalized spacial score (nSPS) is 20.0. The number of nitrogens with zero attached hydrogens (tertiary/aromatic N) is 1. The molecule has 7 heteroatoms. The number of nitrogens with one attached hydrogen (secondary N) is 2. The molecule has 2 aliphatic heterocycles. The van der Waals surface area contributed by atoms with Gasteiger partial charge in [-0.2, -0.15) is 0 Å². The molecule has 6 nitrogen and oxygen atoms in total. The molecule has 0 saturated carbocycles. The first-order chi connectivity index (χ1) is 17.0. The molecule has 0 aliphatic carbocycles. The highest BCUT2D eigenvalue weighted by Crippen LogP contribution is 2.43. The van der Waals surface area contributed by atoms with E-state index in [0.29, 0.717) is 10.9 Å².